The average molecular weight is 318 g/mol. The van der Waals surface area contributed by atoms with Gasteiger partial charge in [-0.1, -0.05) is 24.3 Å². The van der Waals surface area contributed by atoms with Gasteiger partial charge in [0.1, 0.15) is 17.2 Å². The molecule has 3 heteroatoms. The lowest BCUT2D eigenvalue weighted by Gasteiger charge is -2.08. The van der Waals surface area contributed by atoms with E-state index < -0.39 is 0 Å². The van der Waals surface area contributed by atoms with Crippen LogP contribution in [-0.2, 0) is 0 Å². The summed E-state index contributed by atoms with van der Waals surface area (Å²) in [6.45, 7) is 3.96. The molecular formula is C21H18O3. The Morgan fingerprint density at radius 2 is 1.29 bits per heavy atom. The Kier molecular flexibility index (Phi) is 4.62. The van der Waals surface area contributed by atoms with E-state index in [9.17, 15) is 4.79 Å². The number of benzene rings is 3. The molecule has 24 heavy (non-hydrogen) atoms. The zero-order valence-electron chi connectivity index (χ0n) is 13.7. The molecule has 0 aliphatic rings. The monoisotopic (exact) mass is 318 g/mol. The van der Waals surface area contributed by atoms with Gasteiger partial charge < -0.3 is 9.47 Å². The molecule has 0 radical (unpaired) electrons. The lowest BCUT2D eigenvalue weighted by molar-refractivity contribution is 0.0734. The molecule has 0 saturated heterocycles. The Morgan fingerprint density at radius 1 is 0.708 bits per heavy atom. The lowest BCUT2D eigenvalue weighted by atomic mass is 10.2. The van der Waals surface area contributed by atoms with E-state index in [4.69, 9.17) is 9.47 Å². The van der Waals surface area contributed by atoms with Crippen LogP contribution in [0.1, 0.15) is 21.5 Å². The number of hydrogen-bond donors (Lipinski definition) is 0. The first-order valence-corrected chi connectivity index (χ1v) is 7.73. The first kappa shape index (κ1) is 15.8. The van der Waals surface area contributed by atoms with Crippen LogP contribution in [-0.4, -0.2) is 5.97 Å². The summed E-state index contributed by atoms with van der Waals surface area (Å²) < 4.78 is 11.2. The van der Waals surface area contributed by atoms with E-state index in [2.05, 4.69) is 0 Å². The molecule has 0 spiro atoms. The van der Waals surface area contributed by atoms with Gasteiger partial charge in [0.15, 0.2) is 0 Å². The normalized spacial score (nSPS) is 10.2. The van der Waals surface area contributed by atoms with Gasteiger partial charge in [-0.3, -0.25) is 0 Å². The van der Waals surface area contributed by atoms with Crippen molar-refractivity contribution in [2.45, 2.75) is 13.8 Å². The van der Waals surface area contributed by atoms with E-state index in [1.807, 2.05) is 56.3 Å². The smallest absolute Gasteiger partial charge is 0.343 e. The van der Waals surface area contributed by atoms with E-state index in [1.54, 1.807) is 30.3 Å². The summed E-state index contributed by atoms with van der Waals surface area (Å²) in [7, 11) is 0. The molecule has 3 aromatic carbocycles. The zero-order chi connectivity index (χ0) is 16.9. The minimum absolute atomic E-state index is 0.386. The molecular weight excluding hydrogens is 300 g/mol. The third kappa shape index (κ3) is 4.02. The van der Waals surface area contributed by atoms with Crippen LogP contribution >= 0.6 is 0 Å². The molecule has 3 aromatic rings. The highest BCUT2D eigenvalue weighted by atomic mass is 16.5. The summed E-state index contributed by atoms with van der Waals surface area (Å²) in [4.78, 5) is 12.2. The van der Waals surface area contributed by atoms with E-state index >= 15 is 0 Å². The lowest BCUT2D eigenvalue weighted by Crippen LogP contribution is -2.08. The van der Waals surface area contributed by atoms with Crippen molar-refractivity contribution in [3.8, 4) is 17.2 Å². The second-order valence-corrected chi connectivity index (χ2v) is 5.65. The second-order valence-electron chi connectivity index (χ2n) is 5.65. The van der Waals surface area contributed by atoms with E-state index in [-0.39, 0.29) is 5.97 Å². The van der Waals surface area contributed by atoms with Crippen molar-refractivity contribution >= 4 is 5.97 Å². The number of carbonyl (C=O) groups is 1. The number of ether oxygens (including phenoxy) is 2. The maximum atomic E-state index is 12.2. The molecule has 0 unspecified atom stereocenters. The Bertz CT molecular complexity index is 851. The van der Waals surface area contributed by atoms with E-state index in [1.165, 1.54) is 0 Å². The molecule has 3 nitrogen and oxygen atoms in total. The molecule has 0 aromatic heterocycles. The molecule has 0 heterocycles. The van der Waals surface area contributed by atoms with Crippen molar-refractivity contribution in [3.63, 3.8) is 0 Å². The highest BCUT2D eigenvalue weighted by molar-refractivity contribution is 5.91. The molecule has 0 amide bonds. The van der Waals surface area contributed by atoms with Gasteiger partial charge in [-0.05, 0) is 73.5 Å². The first-order chi connectivity index (χ1) is 11.6. The van der Waals surface area contributed by atoms with Crippen molar-refractivity contribution in [2.75, 3.05) is 0 Å². The Morgan fingerprint density at radius 3 is 1.92 bits per heavy atom. The summed E-state index contributed by atoms with van der Waals surface area (Å²) in [6.07, 6.45) is 0. The second kappa shape index (κ2) is 7.01. The summed E-state index contributed by atoms with van der Waals surface area (Å²) in [5, 5.41) is 0. The highest BCUT2D eigenvalue weighted by Gasteiger charge is 2.09. The maximum Gasteiger partial charge on any atom is 0.343 e. The molecule has 0 aliphatic carbocycles. The summed E-state index contributed by atoms with van der Waals surface area (Å²) in [5.41, 5.74) is 2.65. The maximum absolute atomic E-state index is 12.2. The van der Waals surface area contributed by atoms with Crippen LogP contribution in [0.3, 0.4) is 0 Å². The molecule has 120 valence electrons. The van der Waals surface area contributed by atoms with Gasteiger partial charge in [0.25, 0.3) is 0 Å². The van der Waals surface area contributed by atoms with Gasteiger partial charge in [0, 0.05) is 0 Å². The third-order valence-corrected chi connectivity index (χ3v) is 3.52. The van der Waals surface area contributed by atoms with Crippen LogP contribution in [0.5, 0.6) is 17.2 Å². The van der Waals surface area contributed by atoms with Gasteiger partial charge in [-0.15, -0.1) is 0 Å². The van der Waals surface area contributed by atoms with Gasteiger partial charge in [-0.25, -0.2) is 4.79 Å². The van der Waals surface area contributed by atoms with Crippen molar-refractivity contribution in [1.29, 1.82) is 0 Å². The topological polar surface area (TPSA) is 35.5 Å². The van der Waals surface area contributed by atoms with Crippen LogP contribution in [0.25, 0.3) is 0 Å². The van der Waals surface area contributed by atoms with Crippen molar-refractivity contribution < 1.29 is 14.3 Å². The van der Waals surface area contributed by atoms with Crippen molar-refractivity contribution in [3.05, 3.63) is 89.5 Å². The first-order valence-electron chi connectivity index (χ1n) is 7.73. The SMILES string of the molecule is Cc1cccc(OC(=O)c2ccc(Oc3cccc(C)c3)cc2)c1. The minimum atomic E-state index is -0.386. The van der Waals surface area contributed by atoms with Crippen molar-refractivity contribution in [2.24, 2.45) is 0 Å². The van der Waals surface area contributed by atoms with Crippen LogP contribution in [0.15, 0.2) is 72.8 Å². The summed E-state index contributed by atoms with van der Waals surface area (Å²) in [6, 6.07) is 22.1. The quantitative estimate of drug-likeness (QED) is 0.483. The largest absolute Gasteiger partial charge is 0.457 e. The van der Waals surface area contributed by atoms with E-state index in [0.29, 0.717) is 17.1 Å². The summed E-state index contributed by atoms with van der Waals surface area (Å²) in [5.74, 6) is 1.60. The van der Waals surface area contributed by atoms with Gasteiger partial charge in [0.05, 0.1) is 5.56 Å². The molecule has 0 fully saturated rings. The number of aryl methyl sites for hydroxylation is 2. The fourth-order valence-electron chi connectivity index (χ4n) is 2.32. The van der Waals surface area contributed by atoms with Crippen LogP contribution in [0.4, 0.5) is 0 Å². The molecule has 0 saturated carbocycles. The average Bonchev–Trinajstić information content (AvgIpc) is 2.55. The van der Waals surface area contributed by atoms with Crippen molar-refractivity contribution in [1.82, 2.24) is 0 Å². The number of carbonyl (C=O) groups excluding carboxylic acids is 1. The highest BCUT2D eigenvalue weighted by Crippen LogP contribution is 2.23. The zero-order valence-corrected chi connectivity index (χ0v) is 13.7. The minimum Gasteiger partial charge on any atom is -0.457 e. The fourth-order valence-corrected chi connectivity index (χ4v) is 2.32. The van der Waals surface area contributed by atoms with Gasteiger partial charge in [-0.2, -0.15) is 0 Å². The summed E-state index contributed by atoms with van der Waals surface area (Å²) >= 11 is 0. The standard InChI is InChI=1S/C21H18O3/c1-15-5-3-7-19(13-15)23-18-11-9-17(10-12-18)21(22)24-20-8-4-6-16(2)14-20/h3-14H,1-2H3. The molecule has 0 bridgehead atoms. The van der Waals surface area contributed by atoms with Crippen LogP contribution in [0.2, 0.25) is 0 Å². The fraction of sp³-hybridized carbons (Fsp3) is 0.0952. The molecule has 0 aliphatic heterocycles. The van der Waals surface area contributed by atoms with E-state index in [0.717, 1.165) is 16.9 Å². The number of rotatable bonds is 4. The predicted molar refractivity (Wildman–Crippen MR) is 93.8 cm³/mol. The number of hydrogen-bond acceptors (Lipinski definition) is 3. The molecule has 0 N–H and O–H groups in total. The van der Waals surface area contributed by atoms with Crippen LogP contribution < -0.4 is 9.47 Å². The Hall–Kier alpha value is -3.07. The van der Waals surface area contributed by atoms with Gasteiger partial charge >= 0.3 is 5.97 Å². The molecule has 3 rings (SSSR count). The predicted octanol–water partition coefficient (Wildman–Crippen LogP) is 5.31. The van der Waals surface area contributed by atoms with Crippen LogP contribution in [0, 0.1) is 13.8 Å². The molecule has 0 atom stereocenters. The van der Waals surface area contributed by atoms with Gasteiger partial charge in [0.2, 0.25) is 0 Å². The Labute approximate surface area is 141 Å². The Balaban J connectivity index is 1.68. The number of esters is 1. The third-order valence-electron chi connectivity index (χ3n) is 3.52.